The van der Waals surface area contributed by atoms with Crippen molar-refractivity contribution in [2.75, 3.05) is 7.11 Å². The van der Waals surface area contributed by atoms with Gasteiger partial charge in [-0.1, -0.05) is 15.9 Å². The van der Waals surface area contributed by atoms with Gasteiger partial charge in [-0.3, -0.25) is 0 Å². The predicted molar refractivity (Wildman–Crippen MR) is 72.6 cm³/mol. The molecule has 0 aliphatic carbocycles. The number of rotatable bonds is 4. The van der Waals surface area contributed by atoms with Crippen molar-refractivity contribution in [1.82, 2.24) is 9.55 Å². The number of aliphatic hydroxyl groups excluding tert-OH is 1. The third-order valence-corrected chi connectivity index (χ3v) is 3.64. The van der Waals surface area contributed by atoms with Crippen molar-refractivity contribution in [2.45, 2.75) is 12.5 Å². The summed E-state index contributed by atoms with van der Waals surface area (Å²) in [4.78, 5) is 4.01. The predicted octanol–water partition coefficient (Wildman–Crippen LogP) is 2.47. The van der Waals surface area contributed by atoms with Crippen LogP contribution in [0.3, 0.4) is 0 Å². The second-order valence-corrected chi connectivity index (χ2v) is 4.96. The number of nitrogens with zero attached hydrogens (tertiary/aromatic N) is 2. The van der Waals surface area contributed by atoms with Gasteiger partial charge in [-0.05, 0) is 23.8 Å². The van der Waals surface area contributed by atoms with Crippen LogP contribution >= 0.6 is 15.9 Å². The molecule has 0 spiro atoms. The van der Waals surface area contributed by atoms with Crippen LogP contribution in [0.5, 0.6) is 5.75 Å². The third-order valence-electron chi connectivity index (χ3n) is 2.86. The molecule has 1 atom stereocenters. The zero-order valence-corrected chi connectivity index (χ0v) is 11.9. The van der Waals surface area contributed by atoms with E-state index in [4.69, 9.17) is 4.74 Å². The summed E-state index contributed by atoms with van der Waals surface area (Å²) >= 11 is 3.48. The van der Waals surface area contributed by atoms with E-state index in [1.165, 1.54) is 0 Å². The molecule has 4 nitrogen and oxygen atoms in total. The number of ether oxygens (including phenoxy) is 1. The number of imidazole rings is 1. The molecular formula is C13H15BrN2O2. The molecule has 0 radical (unpaired) electrons. The quantitative estimate of drug-likeness (QED) is 0.943. The van der Waals surface area contributed by atoms with E-state index >= 15 is 0 Å². The Morgan fingerprint density at radius 1 is 1.50 bits per heavy atom. The molecule has 0 amide bonds. The molecule has 1 N–H and O–H groups in total. The van der Waals surface area contributed by atoms with Crippen molar-refractivity contribution < 1.29 is 9.84 Å². The van der Waals surface area contributed by atoms with E-state index < -0.39 is 6.10 Å². The summed E-state index contributed by atoms with van der Waals surface area (Å²) in [5.74, 6) is 0.783. The lowest BCUT2D eigenvalue weighted by molar-refractivity contribution is 0.170. The zero-order valence-electron chi connectivity index (χ0n) is 10.3. The topological polar surface area (TPSA) is 47.3 Å². The van der Waals surface area contributed by atoms with Crippen molar-refractivity contribution >= 4 is 15.9 Å². The number of aryl methyl sites for hydroxylation is 1. The van der Waals surface area contributed by atoms with Crippen LogP contribution < -0.4 is 4.74 Å². The fourth-order valence-corrected chi connectivity index (χ4v) is 2.24. The highest BCUT2D eigenvalue weighted by Gasteiger charge is 2.14. The summed E-state index contributed by atoms with van der Waals surface area (Å²) in [6.45, 7) is 0. The van der Waals surface area contributed by atoms with E-state index in [-0.39, 0.29) is 0 Å². The molecule has 18 heavy (non-hydrogen) atoms. The van der Waals surface area contributed by atoms with Crippen molar-refractivity contribution in [3.8, 4) is 5.75 Å². The fraction of sp³-hybridized carbons (Fsp3) is 0.308. The first-order valence-electron chi connectivity index (χ1n) is 5.58. The zero-order chi connectivity index (χ0) is 13.1. The normalized spacial score (nSPS) is 12.4. The van der Waals surface area contributed by atoms with Crippen LogP contribution in [0.1, 0.15) is 17.4 Å². The first-order chi connectivity index (χ1) is 8.61. The molecular weight excluding hydrogens is 296 g/mol. The molecule has 5 heteroatoms. The number of benzene rings is 1. The van der Waals surface area contributed by atoms with E-state index in [1.807, 2.05) is 29.8 Å². The number of halogens is 1. The van der Waals surface area contributed by atoms with E-state index in [2.05, 4.69) is 20.9 Å². The summed E-state index contributed by atoms with van der Waals surface area (Å²) < 4.78 is 7.97. The monoisotopic (exact) mass is 310 g/mol. The van der Waals surface area contributed by atoms with Gasteiger partial charge in [-0.25, -0.2) is 4.98 Å². The first kappa shape index (κ1) is 13.1. The number of methoxy groups -OCH3 is 1. The van der Waals surface area contributed by atoms with Crippen molar-refractivity contribution in [3.05, 3.63) is 46.5 Å². The van der Waals surface area contributed by atoms with Gasteiger partial charge in [0.15, 0.2) is 0 Å². The molecule has 0 fully saturated rings. The van der Waals surface area contributed by atoms with Gasteiger partial charge >= 0.3 is 0 Å². The second-order valence-electron chi connectivity index (χ2n) is 4.11. The van der Waals surface area contributed by atoms with Crippen LogP contribution in [0.25, 0.3) is 0 Å². The van der Waals surface area contributed by atoms with Crippen LogP contribution in [0.15, 0.2) is 35.2 Å². The van der Waals surface area contributed by atoms with Crippen molar-refractivity contribution in [2.24, 2.45) is 7.05 Å². The van der Waals surface area contributed by atoms with E-state index in [0.717, 1.165) is 21.5 Å². The minimum absolute atomic E-state index is 0.511. The second kappa shape index (κ2) is 5.54. The molecule has 2 aromatic rings. The smallest absolute Gasteiger partial charge is 0.119 e. The van der Waals surface area contributed by atoms with Gasteiger partial charge in [-0.15, -0.1) is 0 Å². The fourth-order valence-electron chi connectivity index (χ4n) is 1.84. The van der Waals surface area contributed by atoms with Crippen LogP contribution in [0.4, 0.5) is 0 Å². The molecule has 0 aliphatic heterocycles. The molecule has 1 unspecified atom stereocenters. The molecule has 1 aromatic carbocycles. The molecule has 0 bridgehead atoms. The lowest BCUT2D eigenvalue weighted by Gasteiger charge is -2.13. The maximum absolute atomic E-state index is 10.2. The summed E-state index contributed by atoms with van der Waals surface area (Å²) in [5, 5.41) is 10.2. The lowest BCUT2D eigenvalue weighted by Crippen LogP contribution is -2.07. The SMILES string of the molecule is COc1ccc(Br)c(CC(O)c2cncn2C)c1. The molecule has 1 heterocycles. The van der Waals surface area contributed by atoms with Gasteiger partial charge in [0.1, 0.15) is 5.75 Å². The average molecular weight is 311 g/mol. The maximum Gasteiger partial charge on any atom is 0.119 e. The van der Waals surface area contributed by atoms with Crippen LogP contribution in [0.2, 0.25) is 0 Å². The van der Waals surface area contributed by atoms with Gasteiger partial charge < -0.3 is 14.4 Å². The lowest BCUT2D eigenvalue weighted by atomic mass is 10.1. The first-order valence-corrected chi connectivity index (χ1v) is 6.38. The molecule has 0 saturated heterocycles. The maximum atomic E-state index is 10.2. The van der Waals surface area contributed by atoms with Crippen LogP contribution in [-0.2, 0) is 13.5 Å². The van der Waals surface area contributed by atoms with Gasteiger partial charge in [0, 0.05) is 17.9 Å². The van der Waals surface area contributed by atoms with Gasteiger partial charge in [0.25, 0.3) is 0 Å². The van der Waals surface area contributed by atoms with Gasteiger partial charge in [0.05, 0.1) is 31.4 Å². The van der Waals surface area contributed by atoms with E-state index in [9.17, 15) is 5.11 Å². The average Bonchev–Trinajstić information content (AvgIpc) is 2.78. The molecule has 96 valence electrons. The Morgan fingerprint density at radius 2 is 2.28 bits per heavy atom. The number of aromatic nitrogens is 2. The Hall–Kier alpha value is -1.33. The highest BCUT2D eigenvalue weighted by molar-refractivity contribution is 9.10. The summed E-state index contributed by atoms with van der Waals surface area (Å²) in [6.07, 6.45) is 3.29. The van der Waals surface area contributed by atoms with Crippen molar-refractivity contribution in [1.29, 1.82) is 0 Å². The van der Waals surface area contributed by atoms with Crippen LogP contribution in [-0.4, -0.2) is 21.8 Å². The van der Waals surface area contributed by atoms with E-state index in [1.54, 1.807) is 19.6 Å². The Morgan fingerprint density at radius 3 is 2.89 bits per heavy atom. The molecule has 0 aliphatic rings. The minimum Gasteiger partial charge on any atom is -0.497 e. The Bertz CT molecular complexity index is 540. The minimum atomic E-state index is -0.582. The number of hydrogen-bond donors (Lipinski definition) is 1. The van der Waals surface area contributed by atoms with Crippen LogP contribution in [0, 0.1) is 0 Å². The van der Waals surface area contributed by atoms with Crippen molar-refractivity contribution in [3.63, 3.8) is 0 Å². The Labute approximate surface area is 114 Å². The number of aliphatic hydroxyl groups is 1. The Balaban J connectivity index is 2.21. The molecule has 2 rings (SSSR count). The highest BCUT2D eigenvalue weighted by Crippen LogP contribution is 2.27. The third kappa shape index (κ3) is 2.73. The summed E-state index contributed by atoms with van der Waals surface area (Å²) in [5.41, 5.74) is 1.80. The Kier molecular flexibility index (Phi) is 4.04. The summed E-state index contributed by atoms with van der Waals surface area (Å²) in [7, 11) is 3.50. The molecule has 0 saturated carbocycles. The standard InChI is InChI=1S/C13H15BrN2O2/c1-16-8-15-7-12(16)13(17)6-9-5-10(18-2)3-4-11(9)14/h3-5,7-8,13,17H,6H2,1-2H3. The largest absolute Gasteiger partial charge is 0.497 e. The van der Waals surface area contributed by atoms with Gasteiger partial charge in [-0.2, -0.15) is 0 Å². The van der Waals surface area contributed by atoms with E-state index in [0.29, 0.717) is 6.42 Å². The number of hydrogen-bond acceptors (Lipinski definition) is 3. The molecule has 1 aromatic heterocycles. The van der Waals surface area contributed by atoms with Gasteiger partial charge in [0.2, 0.25) is 0 Å². The highest BCUT2D eigenvalue weighted by atomic mass is 79.9. The summed E-state index contributed by atoms with van der Waals surface area (Å²) in [6, 6.07) is 5.72.